The molecule has 0 atom stereocenters. The minimum Gasteiger partial charge on any atom is -0.268 e. The summed E-state index contributed by atoms with van der Waals surface area (Å²) >= 11 is 0. The highest BCUT2D eigenvalue weighted by molar-refractivity contribution is 5.70. The van der Waals surface area contributed by atoms with E-state index in [0.29, 0.717) is 12.1 Å². The van der Waals surface area contributed by atoms with Crippen LogP contribution in [0.3, 0.4) is 0 Å². The van der Waals surface area contributed by atoms with Gasteiger partial charge >= 0.3 is 0 Å². The third-order valence-corrected chi connectivity index (χ3v) is 4.16. The molecule has 4 aromatic rings. The average molecular weight is 337 g/mol. The fourth-order valence-electron chi connectivity index (χ4n) is 2.85. The van der Waals surface area contributed by atoms with E-state index in [0.717, 1.165) is 27.9 Å². The third kappa shape index (κ3) is 3.21. The molecule has 5 nitrogen and oxygen atoms in total. The standard InChI is InChI=1S/C21H15N5/c22-11-18-4-1-2-5-19(18)14-26-9-8-21(25-26)17-7-3-6-16(10-17)20-12-23-15-24-13-20/h1-10,12-13,15H,14H2. The van der Waals surface area contributed by atoms with E-state index in [2.05, 4.69) is 27.2 Å². The molecule has 2 aromatic heterocycles. The number of benzene rings is 2. The Morgan fingerprint density at radius 2 is 1.69 bits per heavy atom. The van der Waals surface area contributed by atoms with Gasteiger partial charge in [0, 0.05) is 29.7 Å². The average Bonchev–Trinajstić information content (AvgIpc) is 3.18. The van der Waals surface area contributed by atoms with Gasteiger partial charge in [-0.05, 0) is 29.3 Å². The van der Waals surface area contributed by atoms with Crippen molar-refractivity contribution >= 4 is 0 Å². The molecule has 0 radical (unpaired) electrons. The van der Waals surface area contributed by atoms with Gasteiger partial charge in [0.1, 0.15) is 6.33 Å². The minimum atomic E-state index is 0.565. The van der Waals surface area contributed by atoms with Crippen molar-refractivity contribution in [2.24, 2.45) is 0 Å². The summed E-state index contributed by atoms with van der Waals surface area (Å²) in [7, 11) is 0. The van der Waals surface area contributed by atoms with Crippen molar-refractivity contribution in [3.05, 3.63) is 90.6 Å². The molecule has 0 aliphatic carbocycles. The number of rotatable bonds is 4. The van der Waals surface area contributed by atoms with Gasteiger partial charge in [-0.2, -0.15) is 10.4 Å². The van der Waals surface area contributed by atoms with E-state index in [1.165, 1.54) is 6.33 Å². The van der Waals surface area contributed by atoms with E-state index in [1.54, 1.807) is 12.4 Å². The molecule has 0 N–H and O–H groups in total. The van der Waals surface area contributed by atoms with Crippen molar-refractivity contribution in [2.75, 3.05) is 0 Å². The Balaban J connectivity index is 1.62. The van der Waals surface area contributed by atoms with Crippen LogP contribution in [0.4, 0.5) is 0 Å². The Morgan fingerprint density at radius 3 is 2.54 bits per heavy atom. The fourth-order valence-corrected chi connectivity index (χ4v) is 2.85. The van der Waals surface area contributed by atoms with Gasteiger partial charge in [-0.15, -0.1) is 0 Å². The Hall–Kier alpha value is -3.78. The molecule has 0 aliphatic heterocycles. The summed E-state index contributed by atoms with van der Waals surface area (Å²) in [5.74, 6) is 0. The van der Waals surface area contributed by atoms with Gasteiger partial charge in [-0.1, -0.05) is 36.4 Å². The zero-order valence-electron chi connectivity index (χ0n) is 13.9. The molecule has 0 saturated heterocycles. The van der Waals surface area contributed by atoms with Gasteiger partial charge in [0.05, 0.1) is 23.9 Å². The van der Waals surface area contributed by atoms with Gasteiger partial charge in [0.2, 0.25) is 0 Å². The lowest BCUT2D eigenvalue weighted by Crippen LogP contribution is -2.02. The highest BCUT2D eigenvalue weighted by Crippen LogP contribution is 2.24. The van der Waals surface area contributed by atoms with E-state index >= 15 is 0 Å². The predicted octanol–water partition coefficient (Wildman–Crippen LogP) is 3.93. The van der Waals surface area contributed by atoms with E-state index in [1.807, 2.05) is 59.4 Å². The summed E-state index contributed by atoms with van der Waals surface area (Å²) in [6, 6.07) is 19.9. The predicted molar refractivity (Wildman–Crippen MR) is 98.9 cm³/mol. The Bertz CT molecular complexity index is 1080. The van der Waals surface area contributed by atoms with Crippen LogP contribution in [0.15, 0.2) is 79.5 Å². The number of nitriles is 1. The first-order valence-electron chi connectivity index (χ1n) is 8.21. The normalized spacial score (nSPS) is 10.4. The van der Waals surface area contributed by atoms with Crippen molar-refractivity contribution < 1.29 is 0 Å². The maximum atomic E-state index is 9.23. The second-order valence-corrected chi connectivity index (χ2v) is 5.88. The molecule has 5 heteroatoms. The number of aromatic nitrogens is 4. The van der Waals surface area contributed by atoms with E-state index < -0.39 is 0 Å². The summed E-state index contributed by atoms with van der Waals surface area (Å²) in [6.45, 7) is 0.565. The number of hydrogen-bond acceptors (Lipinski definition) is 4. The van der Waals surface area contributed by atoms with E-state index in [9.17, 15) is 5.26 Å². The van der Waals surface area contributed by atoms with Gasteiger partial charge in [0.15, 0.2) is 0 Å². The maximum Gasteiger partial charge on any atom is 0.115 e. The summed E-state index contributed by atoms with van der Waals surface area (Å²) in [5.41, 5.74) is 5.57. The first-order chi connectivity index (χ1) is 12.8. The van der Waals surface area contributed by atoms with E-state index in [-0.39, 0.29) is 0 Å². The SMILES string of the molecule is N#Cc1ccccc1Cn1ccc(-c2cccc(-c3cncnc3)c2)n1. The molecule has 2 aromatic carbocycles. The molecule has 0 aliphatic rings. The Kier molecular flexibility index (Phi) is 4.23. The van der Waals surface area contributed by atoms with Gasteiger partial charge in [-0.3, -0.25) is 4.68 Å². The minimum absolute atomic E-state index is 0.565. The molecule has 0 bridgehead atoms. The summed E-state index contributed by atoms with van der Waals surface area (Å²) in [5, 5.41) is 13.9. The summed E-state index contributed by atoms with van der Waals surface area (Å²) < 4.78 is 1.85. The van der Waals surface area contributed by atoms with Crippen molar-refractivity contribution in [2.45, 2.75) is 6.54 Å². The first-order valence-corrected chi connectivity index (χ1v) is 8.21. The molecule has 26 heavy (non-hydrogen) atoms. The van der Waals surface area contributed by atoms with Crippen LogP contribution in [0.5, 0.6) is 0 Å². The van der Waals surface area contributed by atoms with Crippen molar-refractivity contribution in [1.29, 1.82) is 5.26 Å². The molecule has 0 spiro atoms. The highest BCUT2D eigenvalue weighted by atomic mass is 15.3. The monoisotopic (exact) mass is 337 g/mol. The first kappa shape index (κ1) is 15.7. The molecule has 4 rings (SSSR count). The highest BCUT2D eigenvalue weighted by Gasteiger charge is 2.07. The van der Waals surface area contributed by atoms with Crippen LogP contribution in [0.25, 0.3) is 22.4 Å². The van der Waals surface area contributed by atoms with E-state index in [4.69, 9.17) is 0 Å². The molecule has 0 fully saturated rings. The lowest BCUT2D eigenvalue weighted by molar-refractivity contribution is 0.688. The Morgan fingerprint density at radius 1 is 0.885 bits per heavy atom. The maximum absolute atomic E-state index is 9.23. The van der Waals surface area contributed by atoms with Crippen LogP contribution in [-0.4, -0.2) is 19.7 Å². The zero-order valence-corrected chi connectivity index (χ0v) is 13.9. The Labute approximate surface area is 151 Å². The molecular formula is C21H15N5. The van der Waals surface area contributed by atoms with Gasteiger partial charge in [0.25, 0.3) is 0 Å². The van der Waals surface area contributed by atoms with Crippen molar-refractivity contribution in [1.82, 2.24) is 19.7 Å². The second-order valence-electron chi connectivity index (χ2n) is 5.88. The van der Waals surface area contributed by atoms with Crippen molar-refractivity contribution in [3.63, 3.8) is 0 Å². The molecule has 0 saturated carbocycles. The molecule has 0 unspecified atom stereocenters. The fraction of sp³-hybridized carbons (Fsp3) is 0.0476. The zero-order chi connectivity index (χ0) is 17.8. The third-order valence-electron chi connectivity index (χ3n) is 4.16. The smallest absolute Gasteiger partial charge is 0.115 e. The quantitative estimate of drug-likeness (QED) is 0.566. The molecule has 0 amide bonds. The number of hydrogen-bond donors (Lipinski definition) is 0. The summed E-state index contributed by atoms with van der Waals surface area (Å²) in [6.07, 6.45) is 7.04. The van der Waals surface area contributed by atoms with Gasteiger partial charge < -0.3 is 0 Å². The topological polar surface area (TPSA) is 67.4 Å². The number of nitrogens with zero attached hydrogens (tertiary/aromatic N) is 5. The lowest BCUT2D eigenvalue weighted by atomic mass is 10.0. The largest absolute Gasteiger partial charge is 0.268 e. The second kappa shape index (κ2) is 6.99. The van der Waals surface area contributed by atoms with Crippen LogP contribution >= 0.6 is 0 Å². The van der Waals surface area contributed by atoms with Crippen molar-refractivity contribution in [3.8, 4) is 28.5 Å². The van der Waals surface area contributed by atoms with Gasteiger partial charge in [-0.25, -0.2) is 9.97 Å². The molecular weight excluding hydrogens is 322 g/mol. The van der Waals surface area contributed by atoms with Crippen LogP contribution in [-0.2, 0) is 6.54 Å². The molecule has 2 heterocycles. The van der Waals surface area contributed by atoms with Crippen LogP contribution in [0.1, 0.15) is 11.1 Å². The molecule has 124 valence electrons. The lowest BCUT2D eigenvalue weighted by Gasteiger charge is -2.05. The summed E-state index contributed by atoms with van der Waals surface area (Å²) in [4.78, 5) is 8.15. The van der Waals surface area contributed by atoms with Crippen LogP contribution in [0.2, 0.25) is 0 Å². The van der Waals surface area contributed by atoms with Crippen LogP contribution < -0.4 is 0 Å². The van der Waals surface area contributed by atoms with Crippen LogP contribution in [0, 0.1) is 11.3 Å².